The molecule has 0 radical (unpaired) electrons. The molecule has 8 heteroatoms. The lowest BCUT2D eigenvalue weighted by Gasteiger charge is -2.09. The van der Waals surface area contributed by atoms with E-state index in [4.69, 9.17) is 4.74 Å². The van der Waals surface area contributed by atoms with Gasteiger partial charge in [-0.25, -0.2) is 9.78 Å². The highest BCUT2D eigenvalue weighted by atomic mass is 16.5. The second-order valence-electron chi connectivity index (χ2n) is 5.41. The molecule has 0 bridgehead atoms. The Labute approximate surface area is 144 Å². The number of anilines is 1. The van der Waals surface area contributed by atoms with E-state index < -0.39 is 0 Å². The molecule has 25 heavy (non-hydrogen) atoms. The fourth-order valence-corrected chi connectivity index (χ4v) is 2.60. The normalized spacial score (nSPS) is 15.2. The number of rotatable bonds is 4. The minimum Gasteiger partial charge on any atom is -0.462 e. The van der Waals surface area contributed by atoms with E-state index in [1.165, 1.54) is 29.8 Å². The predicted octanol–water partition coefficient (Wildman–Crippen LogP) is 2.01. The van der Waals surface area contributed by atoms with Gasteiger partial charge < -0.3 is 9.72 Å². The molecular formula is C17H17N5O3. The summed E-state index contributed by atoms with van der Waals surface area (Å²) >= 11 is 0. The number of amides is 1. The van der Waals surface area contributed by atoms with Gasteiger partial charge in [-0.15, -0.1) is 0 Å². The zero-order chi connectivity index (χ0) is 18.0. The van der Waals surface area contributed by atoms with E-state index in [0.29, 0.717) is 34.9 Å². The van der Waals surface area contributed by atoms with Gasteiger partial charge in [0.1, 0.15) is 0 Å². The van der Waals surface area contributed by atoms with Gasteiger partial charge in [-0.2, -0.15) is 10.1 Å². The number of hydrogen-bond donors (Lipinski definition) is 1. The van der Waals surface area contributed by atoms with E-state index in [2.05, 4.69) is 20.1 Å². The molecule has 1 N–H and O–H groups in total. The smallest absolute Gasteiger partial charge is 0.340 e. The number of nitrogens with one attached hydrogen (secondary N) is 1. The van der Waals surface area contributed by atoms with Crippen LogP contribution in [0.5, 0.6) is 0 Å². The van der Waals surface area contributed by atoms with Crippen LogP contribution in [0.1, 0.15) is 34.2 Å². The number of H-pyrrole nitrogens is 1. The average Bonchev–Trinajstić information content (AvgIpc) is 3.09. The van der Waals surface area contributed by atoms with Gasteiger partial charge in [0, 0.05) is 23.8 Å². The van der Waals surface area contributed by atoms with Gasteiger partial charge in [0.2, 0.25) is 0 Å². The largest absolute Gasteiger partial charge is 0.462 e. The second kappa shape index (κ2) is 6.68. The van der Waals surface area contributed by atoms with Crippen LogP contribution in [0.3, 0.4) is 0 Å². The van der Waals surface area contributed by atoms with Crippen LogP contribution in [-0.4, -0.2) is 39.6 Å². The van der Waals surface area contributed by atoms with Crippen molar-refractivity contribution in [3.63, 3.8) is 0 Å². The van der Waals surface area contributed by atoms with Crippen molar-refractivity contribution in [1.29, 1.82) is 0 Å². The SMILES string of the molecule is CCOC(=O)c1c(C)[nH]c(/C=C2\C=NN(c3cnccn3)C2=O)c1C. The van der Waals surface area contributed by atoms with Crippen molar-refractivity contribution in [3.8, 4) is 0 Å². The van der Waals surface area contributed by atoms with Gasteiger partial charge in [0.25, 0.3) is 5.91 Å². The van der Waals surface area contributed by atoms with Gasteiger partial charge in [-0.05, 0) is 32.4 Å². The van der Waals surface area contributed by atoms with E-state index >= 15 is 0 Å². The Morgan fingerprint density at radius 2 is 2.16 bits per heavy atom. The molecule has 1 aliphatic rings. The van der Waals surface area contributed by atoms with E-state index in [9.17, 15) is 9.59 Å². The van der Waals surface area contributed by atoms with Crippen molar-refractivity contribution >= 4 is 30.0 Å². The molecule has 0 atom stereocenters. The number of nitrogens with zero attached hydrogens (tertiary/aromatic N) is 4. The highest BCUT2D eigenvalue weighted by Crippen LogP contribution is 2.23. The summed E-state index contributed by atoms with van der Waals surface area (Å²) in [6, 6.07) is 0. The lowest BCUT2D eigenvalue weighted by atomic mass is 10.1. The number of carbonyl (C=O) groups is 2. The maximum atomic E-state index is 12.5. The van der Waals surface area contributed by atoms with Gasteiger partial charge in [0.05, 0.1) is 30.2 Å². The van der Waals surface area contributed by atoms with Gasteiger partial charge >= 0.3 is 5.97 Å². The maximum absolute atomic E-state index is 12.5. The number of aryl methyl sites for hydroxylation is 1. The number of aromatic amines is 1. The number of hydrogen-bond acceptors (Lipinski definition) is 6. The molecule has 0 aromatic carbocycles. The molecule has 2 aromatic rings. The number of esters is 1. The van der Waals surface area contributed by atoms with E-state index in [0.717, 1.165) is 5.56 Å². The first-order valence-electron chi connectivity index (χ1n) is 7.75. The Morgan fingerprint density at radius 3 is 2.84 bits per heavy atom. The highest BCUT2D eigenvalue weighted by Gasteiger charge is 2.26. The van der Waals surface area contributed by atoms with Crippen molar-refractivity contribution in [2.45, 2.75) is 20.8 Å². The van der Waals surface area contributed by atoms with Crippen LogP contribution >= 0.6 is 0 Å². The van der Waals surface area contributed by atoms with Crippen LogP contribution < -0.4 is 5.01 Å². The standard InChI is InChI=1S/C17H17N5O3/c1-4-25-17(24)15-10(2)13(21-11(15)3)7-12-8-20-22(16(12)23)14-9-18-5-6-19-14/h5-9,21H,4H2,1-3H3/b12-7+. The lowest BCUT2D eigenvalue weighted by molar-refractivity contribution is -0.114. The summed E-state index contributed by atoms with van der Waals surface area (Å²) in [5.41, 5.74) is 2.95. The van der Waals surface area contributed by atoms with E-state index in [1.54, 1.807) is 26.8 Å². The summed E-state index contributed by atoms with van der Waals surface area (Å²) in [6.45, 7) is 5.65. The van der Waals surface area contributed by atoms with Crippen LogP contribution in [0, 0.1) is 13.8 Å². The molecule has 3 rings (SSSR count). The summed E-state index contributed by atoms with van der Waals surface area (Å²) in [6.07, 6.45) is 7.58. The van der Waals surface area contributed by atoms with Crippen molar-refractivity contribution in [2.75, 3.05) is 11.6 Å². The maximum Gasteiger partial charge on any atom is 0.340 e. The Morgan fingerprint density at radius 1 is 1.36 bits per heavy atom. The summed E-state index contributed by atoms with van der Waals surface area (Å²) < 4.78 is 5.07. The molecule has 1 aliphatic heterocycles. The first-order valence-corrected chi connectivity index (χ1v) is 7.75. The quantitative estimate of drug-likeness (QED) is 0.678. The number of carbonyl (C=O) groups excluding carboxylic acids is 2. The summed E-state index contributed by atoms with van der Waals surface area (Å²) in [7, 11) is 0. The Balaban J connectivity index is 1.90. The van der Waals surface area contributed by atoms with E-state index in [-0.39, 0.29) is 11.9 Å². The summed E-state index contributed by atoms with van der Waals surface area (Å²) in [5, 5.41) is 5.25. The fraction of sp³-hybridized carbons (Fsp3) is 0.235. The van der Waals surface area contributed by atoms with Crippen LogP contribution in [0.4, 0.5) is 5.82 Å². The average molecular weight is 339 g/mol. The topological polar surface area (TPSA) is 101 Å². The molecule has 128 valence electrons. The van der Waals surface area contributed by atoms with Gasteiger partial charge in [-0.1, -0.05) is 0 Å². The van der Waals surface area contributed by atoms with Crippen molar-refractivity contribution < 1.29 is 14.3 Å². The predicted molar refractivity (Wildman–Crippen MR) is 92.2 cm³/mol. The first-order chi connectivity index (χ1) is 12.0. The Bertz CT molecular complexity index is 883. The molecule has 1 amide bonds. The first kappa shape index (κ1) is 16.6. The van der Waals surface area contributed by atoms with Crippen LogP contribution in [0.25, 0.3) is 6.08 Å². The second-order valence-corrected chi connectivity index (χ2v) is 5.41. The highest BCUT2D eigenvalue weighted by molar-refractivity contribution is 6.25. The number of hydrazone groups is 1. The molecule has 0 fully saturated rings. The van der Waals surface area contributed by atoms with Crippen LogP contribution in [0.2, 0.25) is 0 Å². The summed E-state index contributed by atoms with van der Waals surface area (Å²) in [4.78, 5) is 35.7. The lowest BCUT2D eigenvalue weighted by Crippen LogP contribution is -2.22. The monoisotopic (exact) mass is 339 g/mol. The number of aromatic nitrogens is 3. The molecule has 0 saturated heterocycles. The third kappa shape index (κ3) is 3.06. The summed E-state index contributed by atoms with van der Waals surface area (Å²) in [5.74, 6) is -0.352. The van der Waals surface area contributed by atoms with Crippen molar-refractivity contribution in [3.05, 3.63) is 46.7 Å². The fourth-order valence-electron chi connectivity index (χ4n) is 2.60. The molecule has 0 spiro atoms. The zero-order valence-corrected chi connectivity index (χ0v) is 14.1. The Hall–Kier alpha value is -3.29. The zero-order valence-electron chi connectivity index (χ0n) is 14.1. The molecule has 0 saturated carbocycles. The molecule has 8 nitrogen and oxygen atoms in total. The van der Waals surface area contributed by atoms with Crippen LogP contribution in [-0.2, 0) is 9.53 Å². The molecule has 2 aromatic heterocycles. The Kier molecular flexibility index (Phi) is 4.42. The third-order valence-electron chi connectivity index (χ3n) is 3.77. The van der Waals surface area contributed by atoms with Crippen LogP contribution in [0.15, 0.2) is 29.3 Å². The molecule has 3 heterocycles. The molecule has 0 aliphatic carbocycles. The van der Waals surface area contributed by atoms with Crippen molar-refractivity contribution in [1.82, 2.24) is 15.0 Å². The van der Waals surface area contributed by atoms with Crippen molar-refractivity contribution in [2.24, 2.45) is 5.10 Å². The van der Waals surface area contributed by atoms with E-state index in [1.807, 2.05) is 0 Å². The molecular weight excluding hydrogens is 322 g/mol. The third-order valence-corrected chi connectivity index (χ3v) is 3.77. The minimum atomic E-state index is -0.383. The minimum absolute atomic E-state index is 0.303. The number of ether oxygens (including phenoxy) is 1. The molecule has 0 unspecified atom stereocenters. The van der Waals surface area contributed by atoms with Gasteiger partial charge in [0.15, 0.2) is 5.82 Å². The van der Waals surface area contributed by atoms with Gasteiger partial charge in [-0.3, -0.25) is 9.78 Å².